The number of esters is 3. The van der Waals surface area contributed by atoms with Crippen molar-refractivity contribution in [1.82, 2.24) is 0 Å². The summed E-state index contributed by atoms with van der Waals surface area (Å²) in [5.41, 5.74) is -3.11. The smallest absolute Gasteiger partial charge is 0.342 e. The molecule has 3 aliphatic carbocycles. The topological polar surface area (TPSA) is 97.4 Å². The molecule has 204 valence electrons. The average Bonchev–Trinajstić information content (AvgIpc) is 3.14. The maximum atomic E-state index is 13.6. The van der Waals surface area contributed by atoms with Gasteiger partial charge in [0.2, 0.25) is 15.3 Å². The van der Waals surface area contributed by atoms with Gasteiger partial charge in [-0.25, -0.2) is 14.4 Å². The summed E-state index contributed by atoms with van der Waals surface area (Å²) in [4.78, 5) is 36.2. The first-order chi connectivity index (χ1) is 17.4. The number of ether oxygens (including phenoxy) is 5. The van der Waals surface area contributed by atoms with Gasteiger partial charge in [-0.05, 0) is 36.2 Å². The summed E-state index contributed by atoms with van der Waals surface area (Å²) in [5, 5.41) is 0. The second-order valence-corrected chi connectivity index (χ2v) is 13.0. The molecule has 37 heavy (non-hydrogen) atoms. The van der Waals surface area contributed by atoms with E-state index in [4.69, 9.17) is 70.1 Å². The summed E-state index contributed by atoms with van der Waals surface area (Å²) in [7, 11) is 1.21. The lowest BCUT2D eigenvalue weighted by molar-refractivity contribution is -0.266. The fraction of sp³-hybridized carbons (Fsp3) is 0.720. The highest BCUT2D eigenvalue weighted by molar-refractivity contribution is 6.53. The minimum atomic E-state index is -1.85. The highest BCUT2D eigenvalue weighted by Crippen LogP contribution is 2.72. The van der Waals surface area contributed by atoms with E-state index in [0.717, 1.165) is 0 Å². The summed E-state index contributed by atoms with van der Waals surface area (Å²) in [6.07, 6.45) is 5.96. The maximum Gasteiger partial charge on any atom is 0.342 e. The Morgan fingerprint density at radius 1 is 1.05 bits per heavy atom. The van der Waals surface area contributed by atoms with Gasteiger partial charge in [0.25, 0.3) is 0 Å². The van der Waals surface area contributed by atoms with Crippen molar-refractivity contribution < 1.29 is 38.1 Å². The SMILES string of the molecule is COC(=O)[C@@]12OC[C@]34[C@H]([C@@H](OC(=O)C(Cl)Cl)[C@@H]1OC(=O)C(Cl)Cl)[C@@]1(C)CC=C[C@@H](C)[C@@H]1C[C@H]3OC=C[C@@H]24. The van der Waals surface area contributed by atoms with E-state index in [1.165, 1.54) is 7.11 Å². The molecular weight excluding hydrogens is 570 g/mol. The number of halogens is 4. The Morgan fingerprint density at radius 2 is 1.73 bits per heavy atom. The van der Waals surface area contributed by atoms with Crippen LogP contribution in [0.25, 0.3) is 0 Å². The molecule has 2 aliphatic heterocycles. The number of hydrogen-bond donors (Lipinski definition) is 0. The van der Waals surface area contributed by atoms with Crippen LogP contribution < -0.4 is 0 Å². The molecule has 5 aliphatic rings. The molecular formula is C25H28Cl4O8. The number of alkyl halides is 4. The maximum absolute atomic E-state index is 13.6. The molecule has 0 N–H and O–H groups in total. The van der Waals surface area contributed by atoms with Gasteiger partial charge >= 0.3 is 17.9 Å². The molecule has 0 radical (unpaired) electrons. The Hall–Kier alpha value is -1.19. The zero-order valence-corrected chi connectivity index (χ0v) is 23.4. The third-order valence-electron chi connectivity index (χ3n) is 9.36. The van der Waals surface area contributed by atoms with Crippen molar-refractivity contribution >= 4 is 64.3 Å². The molecule has 2 saturated carbocycles. The van der Waals surface area contributed by atoms with Crippen molar-refractivity contribution in [3.05, 3.63) is 24.5 Å². The molecule has 5 rings (SSSR count). The summed E-state index contributed by atoms with van der Waals surface area (Å²) in [6, 6.07) is 0. The van der Waals surface area contributed by atoms with Crippen LogP contribution in [0.3, 0.4) is 0 Å². The van der Waals surface area contributed by atoms with Crippen LogP contribution in [0.5, 0.6) is 0 Å². The first-order valence-electron chi connectivity index (χ1n) is 12.1. The second-order valence-electron chi connectivity index (χ2n) is 10.8. The van der Waals surface area contributed by atoms with Crippen molar-refractivity contribution in [3.63, 3.8) is 0 Å². The molecule has 0 amide bonds. The fourth-order valence-corrected chi connectivity index (χ4v) is 8.32. The molecule has 2 bridgehead atoms. The van der Waals surface area contributed by atoms with Gasteiger partial charge in [0.1, 0.15) is 12.2 Å². The number of hydrogen-bond acceptors (Lipinski definition) is 8. The summed E-state index contributed by atoms with van der Waals surface area (Å²) in [6.45, 7) is 4.36. The molecule has 0 aromatic carbocycles. The Bertz CT molecular complexity index is 1050. The van der Waals surface area contributed by atoms with E-state index in [9.17, 15) is 14.4 Å². The monoisotopic (exact) mass is 596 g/mol. The zero-order valence-electron chi connectivity index (χ0n) is 20.4. The Kier molecular flexibility index (Phi) is 7.01. The van der Waals surface area contributed by atoms with E-state index in [0.29, 0.717) is 12.8 Å². The quantitative estimate of drug-likeness (QED) is 0.202. The lowest BCUT2D eigenvalue weighted by atomic mass is 9.39. The number of methoxy groups -OCH3 is 1. The van der Waals surface area contributed by atoms with Gasteiger partial charge in [0.15, 0.2) is 6.10 Å². The van der Waals surface area contributed by atoms with Gasteiger partial charge in [-0.3, -0.25) is 0 Å². The average molecular weight is 598 g/mol. The van der Waals surface area contributed by atoms with E-state index in [2.05, 4.69) is 26.0 Å². The first kappa shape index (κ1) is 27.4. The van der Waals surface area contributed by atoms with Crippen molar-refractivity contribution in [3.8, 4) is 0 Å². The summed E-state index contributed by atoms with van der Waals surface area (Å²) < 4.78 is 29.6. The molecule has 10 atom stereocenters. The predicted molar refractivity (Wildman–Crippen MR) is 134 cm³/mol. The third kappa shape index (κ3) is 3.69. The molecule has 12 heteroatoms. The fourth-order valence-electron chi connectivity index (χ4n) is 8.12. The largest absolute Gasteiger partial charge is 0.498 e. The van der Waals surface area contributed by atoms with Crippen LogP contribution in [0.2, 0.25) is 0 Å². The minimum Gasteiger partial charge on any atom is -0.498 e. The van der Waals surface area contributed by atoms with Crippen LogP contribution in [0.4, 0.5) is 0 Å². The van der Waals surface area contributed by atoms with Gasteiger partial charge in [0.05, 0.1) is 20.0 Å². The lowest BCUT2D eigenvalue weighted by Crippen LogP contribution is -2.76. The first-order valence-corrected chi connectivity index (χ1v) is 13.9. The highest BCUT2D eigenvalue weighted by Gasteiger charge is 2.83. The van der Waals surface area contributed by atoms with Crippen LogP contribution in [0.1, 0.15) is 26.7 Å². The second kappa shape index (κ2) is 9.47. The Balaban J connectivity index is 1.77. The van der Waals surface area contributed by atoms with Gasteiger partial charge in [-0.2, -0.15) is 0 Å². The van der Waals surface area contributed by atoms with Crippen LogP contribution in [0.15, 0.2) is 24.5 Å². The van der Waals surface area contributed by atoms with Crippen molar-refractivity contribution in [1.29, 1.82) is 0 Å². The number of fused-ring (bicyclic) bond motifs is 2. The van der Waals surface area contributed by atoms with Gasteiger partial charge < -0.3 is 23.7 Å². The molecule has 0 aromatic heterocycles. The van der Waals surface area contributed by atoms with E-state index in [1.807, 2.05) is 0 Å². The third-order valence-corrected chi connectivity index (χ3v) is 10.1. The summed E-state index contributed by atoms with van der Waals surface area (Å²) >= 11 is 23.5. The Labute approximate surface area is 234 Å². The van der Waals surface area contributed by atoms with Gasteiger partial charge in [-0.1, -0.05) is 72.4 Å². The van der Waals surface area contributed by atoms with Crippen LogP contribution in [-0.4, -0.2) is 65.2 Å². The van der Waals surface area contributed by atoms with Crippen LogP contribution >= 0.6 is 46.4 Å². The Morgan fingerprint density at radius 3 is 2.38 bits per heavy atom. The van der Waals surface area contributed by atoms with Crippen molar-refractivity contribution in [2.45, 2.75) is 60.3 Å². The van der Waals surface area contributed by atoms with E-state index < -0.39 is 68.1 Å². The molecule has 2 heterocycles. The number of carbonyl (C=O) groups excluding carboxylic acids is 3. The summed E-state index contributed by atoms with van der Waals surface area (Å²) in [5.74, 6) is -3.51. The molecule has 3 fully saturated rings. The van der Waals surface area contributed by atoms with E-state index in [1.54, 1.807) is 12.3 Å². The number of allylic oxidation sites excluding steroid dienone is 2. The predicted octanol–water partition coefficient (Wildman–Crippen LogP) is 4.13. The van der Waals surface area contributed by atoms with E-state index in [-0.39, 0.29) is 24.5 Å². The van der Waals surface area contributed by atoms with Crippen molar-refractivity contribution in [2.24, 2.45) is 34.5 Å². The molecule has 1 saturated heterocycles. The molecule has 0 aromatic rings. The zero-order chi connectivity index (χ0) is 26.9. The molecule has 1 spiro atoms. The van der Waals surface area contributed by atoms with Gasteiger partial charge in [-0.15, -0.1) is 0 Å². The minimum absolute atomic E-state index is 0.0886. The van der Waals surface area contributed by atoms with E-state index >= 15 is 0 Å². The normalized spacial score (nSPS) is 45.1. The molecule has 0 unspecified atom stereocenters. The van der Waals surface area contributed by atoms with Gasteiger partial charge in [0, 0.05) is 17.3 Å². The molecule has 8 nitrogen and oxygen atoms in total. The number of carbonyl (C=O) groups is 3. The van der Waals surface area contributed by atoms with Crippen molar-refractivity contribution in [2.75, 3.05) is 13.7 Å². The lowest BCUT2D eigenvalue weighted by Gasteiger charge is -2.66. The highest BCUT2D eigenvalue weighted by atomic mass is 35.5. The van der Waals surface area contributed by atoms with Crippen LogP contribution in [0, 0.1) is 34.5 Å². The number of rotatable bonds is 5. The standard InChI is InChI=1S/C25H28Cl4O8/c1-11-5-4-7-23(2)12(11)9-14-24-10-35-25(22(32)33-3,13(24)6-8-34-14)17(37-21(31)19(28)29)15(16(23)24)36-20(30)18(26)27/h4-6,8,11-19H,7,9-10H2,1-3H3/t11-,12+,13-,14-,15-,16-,17+,23+,24-,25+/m1/s1. The van der Waals surface area contributed by atoms with Crippen LogP contribution in [-0.2, 0) is 38.1 Å².